The number of hydrogen-bond donors (Lipinski definition) is 2. The summed E-state index contributed by atoms with van der Waals surface area (Å²) in [6.45, 7) is 14.0. The average molecular weight is 531 g/mol. The number of fused-ring (bicyclic) bond motifs is 1. The Labute approximate surface area is 223 Å². The molecule has 208 valence electrons. The molecule has 0 bridgehead atoms. The lowest BCUT2D eigenvalue weighted by Crippen LogP contribution is -2.64. The number of amides is 2. The Kier molecular flexibility index (Phi) is 7.31. The van der Waals surface area contributed by atoms with Crippen molar-refractivity contribution < 1.29 is 18.7 Å². The Morgan fingerprint density at radius 2 is 1.97 bits per heavy atom. The quantitative estimate of drug-likeness (QED) is 0.586. The standard InChI is InChI=1S/C26H39FN8O3/c1-25(2)16-33(13-17-6-10-38-11-7-17)8-9-34(25)24(36)35-14-18-21(26(35,3)4)31-32-22(18)30-23-19(27)12-28-20(29-23)15-37-5/h12,17H,6-11,13-16H2,1-5H3,(H2,28,29,30,31,32). The highest BCUT2D eigenvalue weighted by molar-refractivity contribution is 5.78. The molecule has 0 spiro atoms. The molecule has 2 N–H and O–H groups in total. The molecule has 12 heteroatoms. The minimum Gasteiger partial charge on any atom is -0.381 e. The van der Waals surface area contributed by atoms with Gasteiger partial charge in [-0.2, -0.15) is 5.10 Å². The van der Waals surface area contributed by atoms with Crippen molar-refractivity contribution in [2.24, 2.45) is 5.92 Å². The summed E-state index contributed by atoms with van der Waals surface area (Å²) >= 11 is 0. The highest BCUT2D eigenvalue weighted by Crippen LogP contribution is 2.42. The van der Waals surface area contributed by atoms with E-state index in [2.05, 4.69) is 44.2 Å². The van der Waals surface area contributed by atoms with Crippen LogP contribution in [0, 0.1) is 11.7 Å². The molecule has 0 aliphatic carbocycles. The minimum atomic E-state index is -0.611. The molecule has 3 aliphatic rings. The summed E-state index contributed by atoms with van der Waals surface area (Å²) in [5.74, 6) is 0.898. The van der Waals surface area contributed by atoms with Crippen LogP contribution in [-0.4, -0.2) is 92.9 Å². The van der Waals surface area contributed by atoms with Gasteiger partial charge in [-0.25, -0.2) is 19.2 Å². The molecule has 5 rings (SSSR count). The lowest BCUT2D eigenvalue weighted by molar-refractivity contribution is 0.00109. The largest absolute Gasteiger partial charge is 0.381 e. The lowest BCUT2D eigenvalue weighted by atomic mass is 9.95. The van der Waals surface area contributed by atoms with Crippen LogP contribution in [0.5, 0.6) is 0 Å². The molecule has 5 heterocycles. The zero-order valence-corrected chi connectivity index (χ0v) is 23.0. The van der Waals surface area contributed by atoms with Gasteiger partial charge in [-0.05, 0) is 46.5 Å². The van der Waals surface area contributed by atoms with Crippen LogP contribution < -0.4 is 5.32 Å². The van der Waals surface area contributed by atoms with Gasteiger partial charge in [-0.15, -0.1) is 0 Å². The number of halogens is 1. The number of H-pyrrole nitrogens is 1. The van der Waals surface area contributed by atoms with E-state index in [9.17, 15) is 9.18 Å². The fourth-order valence-corrected chi connectivity index (χ4v) is 5.93. The number of carbonyl (C=O) groups is 1. The molecular formula is C26H39FN8O3. The minimum absolute atomic E-state index is 0.00290. The van der Waals surface area contributed by atoms with Crippen molar-refractivity contribution in [3.05, 3.63) is 29.1 Å². The van der Waals surface area contributed by atoms with Crippen molar-refractivity contribution >= 4 is 17.7 Å². The summed E-state index contributed by atoms with van der Waals surface area (Å²) < 4.78 is 25.1. The van der Waals surface area contributed by atoms with Crippen molar-refractivity contribution in [1.82, 2.24) is 34.9 Å². The van der Waals surface area contributed by atoms with E-state index in [0.29, 0.717) is 30.6 Å². The number of hydrogen-bond acceptors (Lipinski definition) is 8. The number of aromatic nitrogens is 4. The number of nitrogens with zero attached hydrogens (tertiary/aromatic N) is 6. The van der Waals surface area contributed by atoms with Crippen LogP contribution in [0.4, 0.5) is 20.8 Å². The van der Waals surface area contributed by atoms with E-state index in [1.807, 2.05) is 23.6 Å². The second-order valence-electron chi connectivity index (χ2n) is 11.6. The van der Waals surface area contributed by atoms with Gasteiger partial charge in [0.15, 0.2) is 23.3 Å². The molecule has 0 radical (unpaired) electrons. The summed E-state index contributed by atoms with van der Waals surface area (Å²) in [5, 5.41) is 10.5. The smallest absolute Gasteiger partial charge is 0.321 e. The topological polar surface area (TPSA) is 112 Å². The van der Waals surface area contributed by atoms with Crippen LogP contribution in [0.3, 0.4) is 0 Å². The molecule has 0 saturated carbocycles. The van der Waals surface area contributed by atoms with Crippen molar-refractivity contribution in [1.29, 1.82) is 0 Å². The Morgan fingerprint density at radius 1 is 1.21 bits per heavy atom. The molecule has 2 aromatic heterocycles. The molecule has 11 nitrogen and oxygen atoms in total. The maximum atomic E-state index is 14.5. The van der Waals surface area contributed by atoms with Crippen LogP contribution in [0.25, 0.3) is 0 Å². The molecular weight excluding hydrogens is 491 g/mol. The van der Waals surface area contributed by atoms with E-state index in [4.69, 9.17) is 9.47 Å². The Balaban J connectivity index is 1.29. The molecule has 0 unspecified atom stereocenters. The number of rotatable bonds is 6. The number of nitrogens with one attached hydrogen (secondary N) is 2. The highest BCUT2D eigenvalue weighted by atomic mass is 19.1. The van der Waals surface area contributed by atoms with Gasteiger partial charge in [0.2, 0.25) is 0 Å². The average Bonchev–Trinajstić information content (AvgIpc) is 3.39. The third kappa shape index (κ3) is 5.08. The first-order chi connectivity index (χ1) is 18.1. The van der Waals surface area contributed by atoms with Crippen LogP contribution in [-0.2, 0) is 28.2 Å². The molecule has 0 atom stereocenters. The van der Waals surface area contributed by atoms with E-state index in [-0.39, 0.29) is 24.0 Å². The van der Waals surface area contributed by atoms with E-state index in [1.165, 1.54) is 7.11 Å². The van der Waals surface area contributed by atoms with E-state index in [0.717, 1.165) is 63.1 Å². The maximum absolute atomic E-state index is 14.5. The predicted octanol–water partition coefficient (Wildman–Crippen LogP) is 3.22. The number of carbonyl (C=O) groups excluding carboxylic acids is 1. The fraction of sp³-hybridized carbons (Fsp3) is 0.692. The van der Waals surface area contributed by atoms with Crippen molar-refractivity contribution in [2.45, 2.75) is 64.8 Å². The number of ether oxygens (including phenoxy) is 2. The number of aromatic amines is 1. The first-order valence-electron chi connectivity index (χ1n) is 13.3. The zero-order chi connectivity index (χ0) is 27.1. The van der Waals surface area contributed by atoms with Gasteiger partial charge < -0.3 is 24.6 Å². The van der Waals surface area contributed by atoms with Crippen molar-refractivity contribution in [3.63, 3.8) is 0 Å². The van der Waals surface area contributed by atoms with E-state index >= 15 is 0 Å². The third-order valence-corrected chi connectivity index (χ3v) is 8.07. The van der Waals surface area contributed by atoms with Gasteiger partial charge >= 0.3 is 6.03 Å². The van der Waals surface area contributed by atoms with E-state index in [1.54, 1.807) is 0 Å². The summed E-state index contributed by atoms with van der Waals surface area (Å²) in [7, 11) is 1.53. The second-order valence-corrected chi connectivity index (χ2v) is 11.6. The Bertz CT molecular complexity index is 1160. The number of anilines is 2. The SMILES string of the molecule is COCc1ncc(F)c(Nc2n[nH]c3c2CN(C(=O)N2CCN(CC4CCOCC4)CC2(C)C)C3(C)C)n1. The summed E-state index contributed by atoms with van der Waals surface area (Å²) in [5.41, 5.74) is 0.732. The molecule has 2 saturated heterocycles. The predicted molar refractivity (Wildman–Crippen MR) is 139 cm³/mol. The van der Waals surface area contributed by atoms with Crippen LogP contribution in [0.15, 0.2) is 6.20 Å². The van der Waals surface area contributed by atoms with Gasteiger partial charge in [0.05, 0.1) is 29.5 Å². The Morgan fingerprint density at radius 3 is 2.68 bits per heavy atom. The summed E-state index contributed by atoms with van der Waals surface area (Å²) in [4.78, 5) is 28.5. The van der Waals surface area contributed by atoms with Crippen LogP contribution >= 0.6 is 0 Å². The second kappa shape index (κ2) is 10.4. The molecule has 2 aromatic rings. The maximum Gasteiger partial charge on any atom is 0.321 e. The van der Waals surface area contributed by atoms with Gasteiger partial charge in [-0.1, -0.05) is 0 Å². The lowest BCUT2D eigenvalue weighted by Gasteiger charge is -2.50. The molecule has 0 aromatic carbocycles. The van der Waals surface area contributed by atoms with E-state index < -0.39 is 11.4 Å². The summed E-state index contributed by atoms with van der Waals surface area (Å²) in [6, 6.07) is -0.00290. The van der Waals surface area contributed by atoms with Crippen molar-refractivity contribution in [3.8, 4) is 0 Å². The fourth-order valence-electron chi connectivity index (χ4n) is 5.93. The monoisotopic (exact) mass is 530 g/mol. The molecule has 3 aliphatic heterocycles. The van der Waals surface area contributed by atoms with Crippen LogP contribution in [0.1, 0.15) is 57.6 Å². The van der Waals surface area contributed by atoms with Crippen molar-refractivity contribution in [2.75, 3.05) is 51.8 Å². The highest BCUT2D eigenvalue weighted by Gasteiger charge is 2.48. The molecule has 38 heavy (non-hydrogen) atoms. The number of piperazine rings is 1. The molecule has 2 fully saturated rings. The molecule has 2 amide bonds. The normalized spacial score (nSPS) is 21.5. The number of methoxy groups -OCH3 is 1. The number of urea groups is 1. The van der Waals surface area contributed by atoms with Gasteiger partial charge in [0.1, 0.15) is 6.61 Å². The first kappa shape index (κ1) is 26.8. The Hall–Kier alpha value is -2.83. The van der Waals surface area contributed by atoms with Gasteiger partial charge in [-0.3, -0.25) is 10.00 Å². The van der Waals surface area contributed by atoms with Gasteiger partial charge in [0.25, 0.3) is 0 Å². The van der Waals surface area contributed by atoms with Crippen LogP contribution in [0.2, 0.25) is 0 Å². The first-order valence-corrected chi connectivity index (χ1v) is 13.3. The van der Waals surface area contributed by atoms with Gasteiger partial charge in [0, 0.05) is 52.1 Å². The zero-order valence-electron chi connectivity index (χ0n) is 23.0. The summed E-state index contributed by atoms with van der Waals surface area (Å²) in [6.07, 6.45) is 3.33. The third-order valence-electron chi connectivity index (χ3n) is 8.07.